The smallest absolute Gasteiger partial charge is 0.276 e. The fourth-order valence-corrected chi connectivity index (χ4v) is 1.97. The lowest BCUT2D eigenvalue weighted by Crippen LogP contribution is -2.43. The summed E-state index contributed by atoms with van der Waals surface area (Å²) >= 11 is 0. The van der Waals surface area contributed by atoms with Crippen LogP contribution in [0, 0.1) is 5.82 Å². The summed E-state index contributed by atoms with van der Waals surface area (Å²) in [6.07, 6.45) is 0.767. The highest BCUT2D eigenvalue weighted by Gasteiger charge is 2.06. The van der Waals surface area contributed by atoms with Crippen LogP contribution in [0.15, 0.2) is 48.5 Å². The van der Waals surface area contributed by atoms with Crippen LogP contribution in [-0.2, 0) is 16.0 Å². The number of carbonyl (C=O) groups excluding carboxylic acids is 2. The molecule has 0 bridgehead atoms. The maximum absolute atomic E-state index is 12.7. The standard InChI is InChI=1S/C18H19FN2O4/c1-24-15-7-2-13(3-8-15)4-11-17(22)20-21-18(23)12-25-16-9-5-14(19)6-10-16/h2-3,5-10H,4,11-12H2,1H3,(H,20,22)(H,21,23). The molecule has 7 heteroatoms. The third-order valence-electron chi connectivity index (χ3n) is 3.32. The van der Waals surface area contributed by atoms with Crippen molar-refractivity contribution in [2.24, 2.45) is 0 Å². The number of amides is 2. The van der Waals surface area contributed by atoms with Crippen molar-refractivity contribution >= 4 is 11.8 Å². The lowest BCUT2D eigenvalue weighted by Gasteiger charge is -2.09. The van der Waals surface area contributed by atoms with Gasteiger partial charge in [-0.3, -0.25) is 20.4 Å². The lowest BCUT2D eigenvalue weighted by atomic mass is 10.1. The maximum atomic E-state index is 12.7. The topological polar surface area (TPSA) is 76.7 Å². The predicted octanol–water partition coefficient (Wildman–Crippen LogP) is 1.99. The van der Waals surface area contributed by atoms with Gasteiger partial charge < -0.3 is 9.47 Å². The summed E-state index contributed by atoms with van der Waals surface area (Å²) in [5.74, 6) is -0.0991. The molecule has 0 saturated heterocycles. The van der Waals surface area contributed by atoms with Crippen molar-refractivity contribution in [2.45, 2.75) is 12.8 Å². The Balaban J connectivity index is 1.64. The zero-order valence-electron chi connectivity index (χ0n) is 13.8. The van der Waals surface area contributed by atoms with Gasteiger partial charge in [0, 0.05) is 6.42 Å². The van der Waals surface area contributed by atoms with E-state index in [-0.39, 0.29) is 24.8 Å². The van der Waals surface area contributed by atoms with Crippen LogP contribution < -0.4 is 20.3 Å². The van der Waals surface area contributed by atoms with Gasteiger partial charge in [-0.2, -0.15) is 0 Å². The SMILES string of the molecule is COc1ccc(CCC(=O)NNC(=O)COc2ccc(F)cc2)cc1. The van der Waals surface area contributed by atoms with Crippen molar-refractivity contribution in [1.82, 2.24) is 10.9 Å². The van der Waals surface area contributed by atoms with E-state index < -0.39 is 5.91 Å². The second-order valence-corrected chi connectivity index (χ2v) is 5.19. The summed E-state index contributed by atoms with van der Waals surface area (Å²) in [5.41, 5.74) is 5.57. The third kappa shape index (κ3) is 6.50. The molecule has 2 rings (SSSR count). The van der Waals surface area contributed by atoms with Gasteiger partial charge in [-0.25, -0.2) is 4.39 Å². The van der Waals surface area contributed by atoms with Crippen LogP contribution in [0.25, 0.3) is 0 Å². The fraction of sp³-hybridized carbons (Fsp3) is 0.222. The van der Waals surface area contributed by atoms with E-state index in [0.717, 1.165) is 11.3 Å². The van der Waals surface area contributed by atoms with Crippen LogP contribution in [0.1, 0.15) is 12.0 Å². The number of carbonyl (C=O) groups is 2. The van der Waals surface area contributed by atoms with Gasteiger partial charge in [0.05, 0.1) is 7.11 Å². The molecule has 0 unspecified atom stereocenters. The first-order valence-corrected chi connectivity index (χ1v) is 7.66. The molecule has 0 radical (unpaired) electrons. The lowest BCUT2D eigenvalue weighted by molar-refractivity contribution is -0.130. The molecule has 0 saturated carbocycles. The van der Waals surface area contributed by atoms with E-state index in [2.05, 4.69) is 10.9 Å². The van der Waals surface area contributed by atoms with Gasteiger partial charge in [0.2, 0.25) is 5.91 Å². The molecule has 0 aromatic heterocycles. The number of hydrogen-bond acceptors (Lipinski definition) is 4. The minimum atomic E-state index is -0.512. The minimum Gasteiger partial charge on any atom is -0.497 e. The van der Waals surface area contributed by atoms with Crippen LogP contribution in [0.4, 0.5) is 4.39 Å². The molecular formula is C18H19FN2O4. The number of ether oxygens (including phenoxy) is 2. The number of methoxy groups -OCH3 is 1. The highest BCUT2D eigenvalue weighted by molar-refractivity contribution is 5.82. The first-order valence-electron chi connectivity index (χ1n) is 7.66. The van der Waals surface area contributed by atoms with Gasteiger partial charge in [0.15, 0.2) is 6.61 Å². The quantitative estimate of drug-likeness (QED) is 0.752. The maximum Gasteiger partial charge on any atom is 0.276 e. The molecule has 0 fully saturated rings. The molecule has 6 nitrogen and oxygen atoms in total. The average molecular weight is 346 g/mol. The van der Waals surface area contributed by atoms with Crippen LogP contribution >= 0.6 is 0 Å². The van der Waals surface area contributed by atoms with Crippen molar-refractivity contribution in [3.63, 3.8) is 0 Å². The summed E-state index contributed by atoms with van der Waals surface area (Å²) in [6, 6.07) is 12.7. The Kier molecular flexibility index (Phi) is 6.76. The van der Waals surface area contributed by atoms with E-state index >= 15 is 0 Å². The van der Waals surface area contributed by atoms with E-state index in [1.807, 2.05) is 24.3 Å². The van der Waals surface area contributed by atoms with Crippen LogP contribution in [0.3, 0.4) is 0 Å². The number of halogens is 1. The Morgan fingerprint density at radius 2 is 1.52 bits per heavy atom. The molecule has 0 aliphatic carbocycles. The van der Waals surface area contributed by atoms with Crippen molar-refractivity contribution in [3.8, 4) is 11.5 Å². The van der Waals surface area contributed by atoms with E-state index in [1.54, 1.807) is 7.11 Å². The number of hydrogen-bond donors (Lipinski definition) is 2. The molecule has 132 valence electrons. The average Bonchev–Trinajstić information content (AvgIpc) is 2.64. The van der Waals surface area contributed by atoms with Gasteiger partial charge in [-0.05, 0) is 48.4 Å². The summed E-state index contributed by atoms with van der Waals surface area (Å²) in [7, 11) is 1.59. The Morgan fingerprint density at radius 1 is 0.920 bits per heavy atom. The number of rotatable bonds is 7. The van der Waals surface area contributed by atoms with E-state index in [1.165, 1.54) is 24.3 Å². The molecule has 2 amide bonds. The minimum absolute atomic E-state index is 0.228. The summed E-state index contributed by atoms with van der Waals surface area (Å²) in [4.78, 5) is 23.3. The molecule has 2 N–H and O–H groups in total. The summed E-state index contributed by atoms with van der Waals surface area (Å²) in [5, 5.41) is 0. The number of aryl methyl sites for hydroxylation is 1. The van der Waals surface area contributed by atoms with E-state index in [4.69, 9.17) is 9.47 Å². The molecular weight excluding hydrogens is 327 g/mol. The van der Waals surface area contributed by atoms with Crippen molar-refractivity contribution in [2.75, 3.05) is 13.7 Å². The number of hydrazine groups is 1. The number of benzene rings is 2. The first-order chi connectivity index (χ1) is 12.1. The second-order valence-electron chi connectivity index (χ2n) is 5.19. The predicted molar refractivity (Wildman–Crippen MR) is 89.5 cm³/mol. The highest BCUT2D eigenvalue weighted by Crippen LogP contribution is 2.12. The van der Waals surface area contributed by atoms with Gasteiger partial charge >= 0.3 is 0 Å². The normalized spacial score (nSPS) is 10.0. The van der Waals surface area contributed by atoms with Crippen LogP contribution in [0.2, 0.25) is 0 Å². The Labute approximate surface area is 144 Å². The van der Waals surface area contributed by atoms with Crippen molar-refractivity contribution < 1.29 is 23.5 Å². The van der Waals surface area contributed by atoms with Crippen LogP contribution in [-0.4, -0.2) is 25.5 Å². The van der Waals surface area contributed by atoms with Gasteiger partial charge in [0.1, 0.15) is 17.3 Å². The number of nitrogens with one attached hydrogen (secondary N) is 2. The third-order valence-corrected chi connectivity index (χ3v) is 3.32. The van der Waals surface area contributed by atoms with E-state index in [9.17, 15) is 14.0 Å². The van der Waals surface area contributed by atoms with Crippen molar-refractivity contribution in [3.05, 3.63) is 59.9 Å². The molecule has 0 heterocycles. The summed E-state index contributed by atoms with van der Waals surface area (Å²) < 4.78 is 23.0. The van der Waals surface area contributed by atoms with Gasteiger partial charge in [-0.15, -0.1) is 0 Å². The van der Waals surface area contributed by atoms with Crippen molar-refractivity contribution in [1.29, 1.82) is 0 Å². The Hall–Kier alpha value is -3.09. The molecule has 2 aromatic rings. The Bertz CT molecular complexity index is 702. The molecule has 25 heavy (non-hydrogen) atoms. The molecule has 0 spiro atoms. The Morgan fingerprint density at radius 3 is 2.16 bits per heavy atom. The van der Waals surface area contributed by atoms with E-state index in [0.29, 0.717) is 12.2 Å². The second kappa shape index (κ2) is 9.27. The fourth-order valence-electron chi connectivity index (χ4n) is 1.97. The van der Waals surface area contributed by atoms with Crippen LogP contribution in [0.5, 0.6) is 11.5 Å². The summed E-state index contributed by atoms with van der Waals surface area (Å²) in [6.45, 7) is -0.287. The largest absolute Gasteiger partial charge is 0.497 e. The zero-order chi connectivity index (χ0) is 18.1. The highest BCUT2D eigenvalue weighted by atomic mass is 19.1. The first kappa shape index (κ1) is 18.3. The van der Waals surface area contributed by atoms with Gasteiger partial charge in [-0.1, -0.05) is 12.1 Å². The molecule has 0 aliphatic heterocycles. The van der Waals surface area contributed by atoms with Gasteiger partial charge in [0.25, 0.3) is 5.91 Å². The monoisotopic (exact) mass is 346 g/mol. The molecule has 0 atom stereocenters. The molecule has 0 aliphatic rings. The zero-order valence-corrected chi connectivity index (χ0v) is 13.8. The molecule has 2 aromatic carbocycles.